The fourth-order valence-corrected chi connectivity index (χ4v) is 5.00. The highest BCUT2D eigenvalue weighted by Crippen LogP contribution is 2.35. The van der Waals surface area contributed by atoms with Crippen LogP contribution in [0.4, 0.5) is 23.1 Å². The number of urea groups is 1. The van der Waals surface area contributed by atoms with Gasteiger partial charge < -0.3 is 9.80 Å². The average Bonchev–Trinajstić information content (AvgIpc) is 3.27. The summed E-state index contributed by atoms with van der Waals surface area (Å²) in [7, 11) is 0. The van der Waals surface area contributed by atoms with Gasteiger partial charge in [-0.25, -0.2) is 4.79 Å². The lowest BCUT2D eigenvalue weighted by Crippen LogP contribution is -2.51. The topological polar surface area (TPSA) is 78.4 Å². The maximum atomic E-state index is 12.9. The Morgan fingerprint density at radius 1 is 1.00 bits per heavy atom. The van der Waals surface area contributed by atoms with E-state index in [1.165, 1.54) is 47.6 Å². The first-order valence-corrected chi connectivity index (χ1v) is 11.5. The van der Waals surface area contributed by atoms with Gasteiger partial charge in [0, 0.05) is 37.7 Å². The predicted octanol–water partition coefficient (Wildman–Crippen LogP) is 4.59. The molecule has 2 heterocycles. The zero-order chi connectivity index (χ0) is 22.7. The number of amides is 3. The molecule has 1 saturated heterocycles. The molecule has 1 N–H and O–H groups in total. The van der Waals surface area contributed by atoms with Gasteiger partial charge in [0.2, 0.25) is 5.13 Å². The molecule has 2 fully saturated rings. The Labute approximate surface area is 187 Å². The van der Waals surface area contributed by atoms with Crippen LogP contribution in [0.5, 0.6) is 0 Å². The normalized spacial score (nSPS) is 18.0. The summed E-state index contributed by atoms with van der Waals surface area (Å²) in [6.45, 7) is 1.05. The van der Waals surface area contributed by atoms with Gasteiger partial charge in [0.25, 0.3) is 5.91 Å². The molecule has 2 aliphatic rings. The molecule has 1 aliphatic heterocycles. The van der Waals surface area contributed by atoms with Crippen LogP contribution in [0.3, 0.4) is 0 Å². The molecular weight excluding hydrogens is 443 g/mol. The Morgan fingerprint density at radius 3 is 2.38 bits per heavy atom. The fraction of sp³-hybridized carbons (Fsp3) is 0.524. The lowest BCUT2D eigenvalue weighted by Gasteiger charge is -2.34. The molecule has 0 bridgehead atoms. The number of nitrogens with zero attached hydrogens (tertiary/aromatic N) is 4. The molecule has 0 radical (unpaired) electrons. The summed E-state index contributed by atoms with van der Waals surface area (Å²) in [6, 6.07) is 4.08. The van der Waals surface area contributed by atoms with Crippen LogP contribution in [-0.2, 0) is 6.18 Å². The van der Waals surface area contributed by atoms with Crippen molar-refractivity contribution in [3.05, 3.63) is 40.4 Å². The Kier molecular flexibility index (Phi) is 6.63. The van der Waals surface area contributed by atoms with Gasteiger partial charge in [0.15, 0.2) is 0 Å². The van der Waals surface area contributed by atoms with Crippen LogP contribution < -0.4 is 5.32 Å². The van der Waals surface area contributed by atoms with Gasteiger partial charge in [-0.1, -0.05) is 36.7 Å². The highest BCUT2D eigenvalue weighted by molar-refractivity contribution is 7.15. The van der Waals surface area contributed by atoms with Crippen LogP contribution in [0.25, 0.3) is 0 Å². The third kappa shape index (κ3) is 5.20. The van der Waals surface area contributed by atoms with E-state index in [2.05, 4.69) is 15.5 Å². The quantitative estimate of drug-likeness (QED) is 0.716. The molecule has 0 unspecified atom stereocenters. The van der Waals surface area contributed by atoms with Crippen LogP contribution in [0.15, 0.2) is 24.3 Å². The maximum Gasteiger partial charge on any atom is 0.416 e. The van der Waals surface area contributed by atoms with Crippen LogP contribution >= 0.6 is 11.3 Å². The summed E-state index contributed by atoms with van der Waals surface area (Å²) in [4.78, 5) is 28.2. The van der Waals surface area contributed by atoms with Gasteiger partial charge >= 0.3 is 12.2 Å². The highest BCUT2D eigenvalue weighted by Gasteiger charge is 2.32. The standard InChI is InChI=1S/C21H24F3N5O2S/c22-21(23,24)16-8-4-7-15(13-16)18(30)28-9-11-29(12-10-28)20(31)25-19-27-26-17(32-19)14-5-2-1-3-6-14/h4,7-8,13-14H,1-3,5-6,9-12H2,(H,25,27,31). The largest absolute Gasteiger partial charge is 0.416 e. The minimum atomic E-state index is -4.51. The van der Waals surface area contributed by atoms with E-state index in [1.54, 1.807) is 4.90 Å². The Morgan fingerprint density at radius 2 is 1.69 bits per heavy atom. The highest BCUT2D eigenvalue weighted by atomic mass is 32.1. The molecule has 0 spiro atoms. The number of halogens is 3. The van der Waals surface area contributed by atoms with Crippen molar-refractivity contribution < 1.29 is 22.8 Å². The van der Waals surface area contributed by atoms with Crippen LogP contribution in [0, 0.1) is 0 Å². The first-order chi connectivity index (χ1) is 15.3. The van der Waals surface area contributed by atoms with Crippen LogP contribution in [0.2, 0.25) is 0 Å². The summed E-state index contributed by atoms with van der Waals surface area (Å²) in [5, 5.41) is 12.5. The molecule has 172 valence electrons. The molecule has 1 saturated carbocycles. The van der Waals surface area contributed by atoms with E-state index in [9.17, 15) is 22.8 Å². The number of aromatic nitrogens is 2. The minimum absolute atomic E-state index is 0.0122. The number of anilines is 1. The van der Waals surface area contributed by atoms with E-state index in [1.807, 2.05) is 0 Å². The predicted molar refractivity (Wildman–Crippen MR) is 114 cm³/mol. The van der Waals surface area contributed by atoms with E-state index < -0.39 is 17.6 Å². The second-order valence-corrected chi connectivity index (χ2v) is 9.08. The van der Waals surface area contributed by atoms with Crippen molar-refractivity contribution in [2.24, 2.45) is 0 Å². The number of nitrogens with one attached hydrogen (secondary N) is 1. The van der Waals surface area contributed by atoms with Gasteiger partial charge in [0.05, 0.1) is 5.56 Å². The number of piperazine rings is 1. The summed E-state index contributed by atoms with van der Waals surface area (Å²) in [5.41, 5.74) is -0.868. The van der Waals surface area contributed by atoms with Crippen molar-refractivity contribution in [2.45, 2.75) is 44.2 Å². The van der Waals surface area contributed by atoms with E-state index in [0.717, 1.165) is 30.0 Å². The van der Waals surface area contributed by atoms with Gasteiger partial charge in [-0.3, -0.25) is 10.1 Å². The summed E-state index contributed by atoms with van der Waals surface area (Å²) in [6.07, 6.45) is 1.33. The summed E-state index contributed by atoms with van der Waals surface area (Å²) < 4.78 is 38.7. The molecule has 1 aliphatic carbocycles. The van der Waals surface area contributed by atoms with Crippen LogP contribution in [0.1, 0.15) is 59.0 Å². The molecule has 32 heavy (non-hydrogen) atoms. The Balaban J connectivity index is 1.30. The first-order valence-electron chi connectivity index (χ1n) is 10.7. The molecule has 1 aromatic heterocycles. The Hall–Kier alpha value is -2.69. The second kappa shape index (κ2) is 9.43. The van der Waals surface area contributed by atoms with E-state index in [4.69, 9.17) is 0 Å². The lowest BCUT2D eigenvalue weighted by molar-refractivity contribution is -0.137. The molecule has 7 nitrogen and oxygen atoms in total. The number of hydrogen-bond donors (Lipinski definition) is 1. The number of rotatable bonds is 3. The van der Waals surface area contributed by atoms with Crippen molar-refractivity contribution in [1.29, 1.82) is 0 Å². The number of carbonyl (C=O) groups is 2. The Bertz CT molecular complexity index is 966. The lowest BCUT2D eigenvalue weighted by atomic mass is 9.90. The second-order valence-electron chi connectivity index (χ2n) is 8.07. The zero-order valence-corrected chi connectivity index (χ0v) is 18.2. The van der Waals surface area contributed by atoms with Crippen molar-refractivity contribution in [2.75, 3.05) is 31.5 Å². The van der Waals surface area contributed by atoms with Gasteiger partial charge in [-0.15, -0.1) is 10.2 Å². The third-order valence-electron chi connectivity index (χ3n) is 5.90. The van der Waals surface area contributed by atoms with Crippen molar-refractivity contribution in [1.82, 2.24) is 20.0 Å². The average molecular weight is 468 g/mol. The maximum absolute atomic E-state index is 12.9. The third-order valence-corrected chi connectivity index (χ3v) is 6.90. The molecule has 0 atom stereocenters. The van der Waals surface area contributed by atoms with E-state index >= 15 is 0 Å². The molecular formula is C21H24F3N5O2S. The molecule has 4 rings (SSSR count). The zero-order valence-electron chi connectivity index (χ0n) is 17.4. The molecule has 11 heteroatoms. The number of benzene rings is 1. The number of carbonyl (C=O) groups excluding carboxylic acids is 2. The number of alkyl halides is 3. The monoisotopic (exact) mass is 467 g/mol. The number of hydrogen-bond acceptors (Lipinski definition) is 5. The van der Waals surface area contributed by atoms with Crippen molar-refractivity contribution >= 4 is 28.4 Å². The minimum Gasteiger partial charge on any atom is -0.335 e. The van der Waals surface area contributed by atoms with E-state index in [-0.39, 0.29) is 37.8 Å². The van der Waals surface area contributed by atoms with Gasteiger partial charge in [-0.05, 0) is 31.0 Å². The van der Waals surface area contributed by atoms with Crippen molar-refractivity contribution in [3.63, 3.8) is 0 Å². The van der Waals surface area contributed by atoms with Gasteiger partial charge in [-0.2, -0.15) is 13.2 Å². The van der Waals surface area contributed by atoms with Crippen LogP contribution in [-0.4, -0.2) is 58.1 Å². The van der Waals surface area contributed by atoms with E-state index in [0.29, 0.717) is 11.0 Å². The fourth-order valence-electron chi connectivity index (χ4n) is 4.09. The first kappa shape index (κ1) is 22.5. The summed E-state index contributed by atoms with van der Waals surface area (Å²) in [5.74, 6) is -0.0605. The SMILES string of the molecule is O=C(Nc1nnc(C2CCCCC2)s1)N1CCN(C(=O)c2cccc(C(F)(F)F)c2)CC1. The molecule has 2 aromatic rings. The van der Waals surface area contributed by atoms with Gasteiger partial charge in [0.1, 0.15) is 5.01 Å². The summed E-state index contributed by atoms with van der Waals surface area (Å²) >= 11 is 1.40. The molecule has 3 amide bonds. The molecule has 1 aromatic carbocycles. The van der Waals surface area contributed by atoms with Crippen molar-refractivity contribution in [3.8, 4) is 0 Å². The smallest absolute Gasteiger partial charge is 0.335 e.